The summed E-state index contributed by atoms with van der Waals surface area (Å²) in [4.78, 5) is 27.7. The molecule has 0 atom stereocenters. The lowest BCUT2D eigenvalue weighted by atomic mass is 9.89. The van der Waals surface area contributed by atoms with E-state index in [2.05, 4.69) is 0 Å². The molecule has 1 heterocycles. The van der Waals surface area contributed by atoms with Crippen molar-refractivity contribution in [2.75, 3.05) is 34.3 Å². The normalized spacial score (nSPS) is 15.7. The maximum atomic E-state index is 12.5. The average molecular weight is 290 g/mol. The Bertz CT molecular complexity index is 503. The summed E-state index contributed by atoms with van der Waals surface area (Å²) >= 11 is 0. The zero-order valence-corrected chi connectivity index (χ0v) is 12.8. The Morgan fingerprint density at radius 3 is 2.19 bits per heavy atom. The molecule has 0 aromatic heterocycles. The standard InChI is InChI=1S/C16H22N2O3/c1-17(2)16(20)18-10-8-13(9-11-18)15(19)12-4-6-14(21-3)7-5-12/h4-7,13H,8-11H2,1-3H3. The molecule has 0 bridgehead atoms. The number of carbonyl (C=O) groups is 2. The Kier molecular flexibility index (Phi) is 4.83. The van der Waals surface area contributed by atoms with Crippen LogP contribution in [0.15, 0.2) is 24.3 Å². The highest BCUT2D eigenvalue weighted by molar-refractivity contribution is 5.98. The predicted molar refractivity (Wildman–Crippen MR) is 80.7 cm³/mol. The minimum atomic E-state index is 0.00427. The first-order valence-electron chi connectivity index (χ1n) is 7.17. The lowest BCUT2D eigenvalue weighted by Crippen LogP contribution is -2.44. The van der Waals surface area contributed by atoms with Gasteiger partial charge in [-0.2, -0.15) is 0 Å². The second-order valence-electron chi connectivity index (χ2n) is 5.53. The van der Waals surface area contributed by atoms with Gasteiger partial charge in [0, 0.05) is 38.7 Å². The molecular weight excluding hydrogens is 268 g/mol. The van der Waals surface area contributed by atoms with Crippen molar-refractivity contribution in [2.45, 2.75) is 12.8 Å². The third-order valence-corrected chi connectivity index (χ3v) is 3.89. The highest BCUT2D eigenvalue weighted by Crippen LogP contribution is 2.23. The minimum Gasteiger partial charge on any atom is -0.497 e. The van der Waals surface area contributed by atoms with Gasteiger partial charge in [-0.3, -0.25) is 4.79 Å². The minimum absolute atomic E-state index is 0.00427. The maximum absolute atomic E-state index is 12.5. The molecule has 0 spiro atoms. The third kappa shape index (κ3) is 3.54. The summed E-state index contributed by atoms with van der Waals surface area (Å²) in [7, 11) is 5.10. The molecular formula is C16H22N2O3. The van der Waals surface area contributed by atoms with Crippen LogP contribution in [0, 0.1) is 5.92 Å². The molecule has 0 unspecified atom stereocenters. The molecule has 1 fully saturated rings. The number of Topliss-reactive ketones (excluding diaryl/α,β-unsaturated/α-hetero) is 1. The van der Waals surface area contributed by atoms with Gasteiger partial charge < -0.3 is 14.5 Å². The first-order valence-corrected chi connectivity index (χ1v) is 7.17. The molecule has 5 nitrogen and oxygen atoms in total. The van der Waals surface area contributed by atoms with Crippen molar-refractivity contribution < 1.29 is 14.3 Å². The summed E-state index contributed by atoms with van der Waals surface area (Å²) < 4.78 is 5.10. The Morgan fingerprint density at radius 2 is 1.71 bits per heavy atom. The van der Waals surface area contributed by atoms with Crippen molar-refractivity contribution in [2.24, 2.45) is 5.92 Å². The van der Waals surface area contributed by atoms with Crippen LogP contribution in [-0.2, 0) is 0 Å². The number of methoxy groups -OCH3 is 1. The summed E-state index contributed by atoms with van der Waals surface area (Å²) in [5, 5.41) is 0. The van der Waals surface area contributed by atoms with Gasteiger partial charge in [0.2, 0.25) is 0 Å². The zero-order chi connectivity index (χ0) is 15.4. The van der Waals surface area contributed by atoms with E-state index < -0.39 is 0 Å². The van der Waals surface area contributed by atoms with Crippen LogP contribution in [0.2, 0.25) is 0 Å². The Labute approximate surface area is 125 Å². The molecule has 1 aliphatic heterocycles. The summed E-state index contributed by atoms with van der Waals surface area (Å²) in [5.74, 6) is 0.914. The fraction of sp³-hybridized carbons (Fsp3) is 0.500. The number of urea groups is 1. The topological polar surface area (TPSA) is 49.9 Å². The van der Waals surface area contributed by atoms with Crippen LogP contribution in [-0.4, -0.2) is 55.9 Å². The summed E-state index contributed by atoms with van der Waals surface area (Å²) in [6.07, 6.45) is 1.45. The summed E-state index contributed by atoms with van der Waals surface area (Å²) in [6.45, 7) is 1.28. The van der Waals surface area contributed by atoms with Gasteiger partial charge in [-0.25, -0.2) is 4.79 Å². The molecule has 1 saturated heterocycles. The Balaban J connectivity index is 1.95. The molecule has 1 aromatic carbocycles. The van der Waals surface area contributed by atoms with Crippen LogP contribution in [0.3, 0.4) is 0 Å². The number of rotatable bonds is 3. The van der Waals surface area contributed by atoms with E-state index in [4.69, 9.17) is 4.74 Å². The highest BCUT2D eigenvalue weighted by atomic mass is 16.5. The molecule has 0 saturated carbocycles. The van der Waals surface area contributed by atoms with E-state index in [1.54, 1.807) is 55.3 Å². The number of ketones is 1. The van der Waals surface area contributed by atoms with E-state index in [0.29, 0.717) is 18.7 Å². The molecule has 1 aliphatic rings. The molecule has 0 N–H and O–H groups in total. The van der Waals surface area contributed by atoms with Crippen LogP contribution in [0.4, 0.5) is 4.79 Å². The van der Waals surface area contributed by atoms with E-state index in [9.17, 15) is 9.59 Å². The van der Waals surface area contributed by atoms with Gasteiger partial charge >= 0.3 is 6.03 Å². The van der Waals surface area contributed by atoms with Crippen molar-refractivity contribution >= 4 is 11.8 Å². The third-order valence-electron chi connectivity index (χ3n) is 3.89. The van der Waals surface area contributed by atoms with E-state index in [1.807, 2.05) is 0 Å². The van der Waals surface area contributed by atoms with Gasteiger partial charge in [-0.1, -0.05) is 0 Å². The monoisotopic (exact) mass is 290 g/mol. The van der Waals surface area contributed by atoms with Crippen molar-refractivity contribution in [3.63, 3.8) is 0 Å². The quantitative estimate of drug-likeness (QED) is 0.802. The molecule has 21 heavy (non-hydrogen) atoms. The van der Waals surface area contributed by atoms with Gasteiger partial charge in [0.15, 0.2) is 5.78 Å². The van der Waals surface area contributed by atoms with Gasteiger partial charge in [-0.15, -0.1) is 0 Å². The highest BCUT2D eigenvalue weighted by Gasteiger charge is 2.28. The number of hydrogen-bond acceptors (Lipinski definition) is 3. The van der Waals surface area contributed by atoms with Crippen LogP contribution in [0.1, 0.15) is 23.2 Å². The van der Waals surface area contributed by atoms with Crippen molar-refractivity contribution in [3.05, 3.63) is 29.8 Å². The van der Waals surface area contributed by atoms with Gasteiger partial charge in [0.05, 0.1) is 7.11 Å². The van der Waals surface area contributed by atoms with Crippen molar-refractivity contribution in [1.29, 1.82) is 0 Å². The average Bonchev–Trinajstić information content (AvgIpc) is 2.53. The lowest BCUT2D eigenvalue weighted by molar-refractivity contribution is 0.0843. The molecule has 0 radical (unpaired) electrons. The largest absolute Gasteiger partial charge is 0.497 e. The maximum Gasteiger partial charge on any atom is 0.319 e. The first-order chi connectivity index (χ1) is 10.0. The molecule has 2 amide bonds. The second-order valence-corrected chi connectivity index (χ2v) is 5.53. The van der Waals surface area contributed by atoms with Crippen molar-refractivity contribution in [1.82, 2.24) is 9.80 Å². The van der Waals surface area contributed by atoms with Crippen LogP contribution >= 0.6 is 0 Å². The first kappa shape index (κ1) is 15.4. The van der Waals surface area contributed by atoms with E-state index in [-0.39, 0.29) is 17.7 Å². The zero-order valence-electron chi connectivity index (χ0n) is 12.8. The van der Waals surface area contributed by atoms with Gasteiger partial charge in [0.1, 0.15) is 5.75 Å². The number of ether oxygens (including phenoxy) is 1. The smallest absolute Gasteiger partial charge is 0.319 e. The number of hydrogen-bond donors (Lipinski definition) is 0. The number of amides is 2. The second kappa shape index (κ2) is 6.61. The number of nitrogens with zero attached hydrogens (tertiary/aromatic N) is 2. The SMILES string of the molecule is COc1ccc(C(=O)C2CCN(C(=O)N(C)C)CC2)cc1. The fourth-order valence-electron chi connectivity index (χ4n) is 2.61. The molecule has 5 heteroatoms. The van der Waals surface area contributed by atoms with Crippen molar-refractivity contribution in [3.8, 4) is 5.75 Å². The van der Waals surface area contributed by atoms with Crippen LogP contribution in [0.5, 0.6) is 5.75 Å². The van der Waals surface area contributed by atoms with Crippen LogP contribution in [0.25, 0.3) is 0 Å². The number of likely N-dealkylation sites (tertiary alicyclic amines) is 1. The predicted octanol–water partition coefficient (Wildman–Crippen LogP) is 2.27. The van der Waals surface area contributed by atoms with Gasteiger partial charge in [0.25, 0.3) is 0 Å². The van der Waals surface area contributed by atoms with E-state index >= 15 is 0 Å². The Morgan fingerprint density at radius 1 is 1.14 bits per heavy atom. The van der Waals surface area contributed by atoms with E-state index in [0.717, 1.165) is 18.6 Å². The summed E-state index contributed by atoms with van der Waals surface area (Å²) in [6, 6.07) is 7.23. The molecule has 114 valence electrons. The van der Waals surface area contributed by atoms with Gasteiger partial charge in [-0.05, 0) is 37.1 Å². The lowest BCUT2D eigenvalue weighted by Gasteiger charge is -2.33. The summed E-state index contributed by atoms with van der Waals surface area (Å²) in [5.41, 5.74) is 0.716. The molecule has 1 aromatic rings. The number of benzene rings is 1. The number of piperidine rings is 1. The Hall–Kier alpha value is -2.04. The number of carbonyl (C=O) groups excluding carboxylic acids is 2. The molecule has 2 rings (SSSR count). The van der Waals surface area contributed by atoms with E-state index in [1.165, 1.54) is 0 Å². The fourth-order valence-corrected chi connectivity index (χ4v) is 2.61. The molecule has 0 aliphatic carbocycles. The van der Waals surface area contributed by atoms with Crippen LogP contribution < -0.4 is 4.74 Å².